The Morgan fingerprint density at radius 2 is 1.59 bits per heavy atom. The first kappa shape index (κ1) is 25.4. The molecule has 161 valence electrons. The van der Waals surface area contributed by atoms with Crippen LogP contribution in [0.25, 0.3) is 0 Å². The summed E-state index contributed by atoms with van der Waals surface area (Å²) in [5.41, 5.74) is 0. The van der Waals surface area contributed by atoms with Crippen LogP contribution >= 0.6 is 0 Å². The average Bonchev–Trinajstić information content (AvgIpc) is 3.12. The highest BCUT2D eigenvalue weighted by atomic mass is 32.2. The summed E-state index contributed by atoms with van der Waals surface area (Å²) in [5.74, 6) is 0. The summed E-state index contributed by atoms with van der Waals surface area (Å²) in [7, 11) is -3.52. The largest absolute Gasteiger partial charge is 0.337 e. The summed E-state index contributed by atoms with van der Waals surface area (Å²) >= 11 is 0. The maximum Gasteiger partial charge on any atom is 0.315 e. The van der Waals surface area contributed by atoms with Gasteiger partial charge in [0.15, 0.2) is 0 Å². The van der Waals surface area contributed by atoms with Crippen LogP contribution in [-0.2, 0) is 10.0 Å². The van der Waals surface area contributed by atoms with E-state index in [0.29, 0.717) is 18.0 Å². The Balaban J connectivity index is 0.00000210. The number of amides is 2. The lowest BCUT2D eigenvalue weighted by molar-refractivity contribution is 0.237. The summed E-state index contributed by atoms with van der Waals surface area (Å²) in [6, 6.07) is 9.21. The molecular formula is C22H34N3O3S. The van der Waals surface area contributed by atoms with Crippen LogP contribution in [0.4, 0.5) is 4.79 Å². The fraction of sp³-hybridized carbons (Fsp3) is 0.545. The molecule has 2 amide bonds. The van der Waals surface area contributed by atoms with Crippen molar-refractivity contribution in [1.82, 2.24) is 14.9 Å². The van der Waals surface area contributed by atoms with Gasteiger partial charge < -0.3 is 10.6 Å². The zero-order chi connectivity index (χ0) is 19.1. The highest BCUT2D eigenvalue weighted by Crippen LogP contribution is 2.26. The highest BCUT2D eigenvalue weighted by molar-refractivity contribution is 7.89. The van der Waals surface area contributed by atoms with Gasteiger partial charge >= 0.3 is 6.03 Å². The van der Waals surface area contributed by atoms with Crippen molar-refractivity contribution < 1.29 is 13.2 Å². The Morgan fingerprint density at radius 1 is 0.966 bits per heavy atom. The normalized spacial score (nSPS) is 21.2. The quantitative estimate of drug-likeness (QED) is 0.754. The van der Waals surface area contributed by atoms with Gasteiger partial charge in [0.25, 0.3) is 0 Å². The predicted octanol–water partition coefficient (Wildman–Crippen LogP) is 4.07. The fourth-order valence-corrected chi connectivity index (χ4v) is 5.64. The van der Waals surface area contributed by atoms with Crippen LogP contribution in [0.15, 0.2) is 35.2 Å². The topological polar surface area (TPSA) is 78.5 Å². The molecule has 1 saturated heterocycles. The van der Waals surface area contributed by atoms with Crippen molar-refractivity contribution in [3.8, 4) is 0 Å². The number of carbonyl (C=O) groups is 1. The van der Waals surface area contributed by atoms with Crippen LogP contribution < -0.4 is 10.6 Å². The van der Waals surface area contributed by atoms with E-state index in [0.717, 1.165) is 44.6 Å². The Labute approximate surface area is 177 Å². The Kier molecular flexibility index (Phi) is 10.7. The molecule has 1 aliphatic carbocycles. The van der Waals surface area contributed by atoms with Crippen LogP contribution in [0.1, 0.15) is 57.8 Å². The third-order valence-corrected chi connectivity index (χ3v) is 7.38. The summed E-state index contributed by atoms with van der Waals surface area (Å²) in [6.45, 7) is 0.841. The molecule has 1 atom stereocenters. The van der Waals surface area contributed by atoms with Gasteiger partial charge in [-0.3, -0.25) is 0 Å². The molecule has 2 aliphatic rings. The van der Waals surface area contributed by atoms with Crippen LogP contribution in [0.3, 0.4) is 0 Å². The lowest BCUT2D eigenvalue weighted by atomic mass is 9.97. The number of hydrogen-bond acceptors (Lipinski definition) is 3. The molecule has 2 N–H and O–H groups in total. The maximum atomic E-state index is 12.9. The summed E-state index contributed by atoms with van der Waals surface area (Å²) in [6.07, 6.45) is 9.47. The van der Waals surface area contributed by atoms with Crippen molar-refractivity contribution in [3.63, 3.8) is 0 Å². The van der Waals surface area contributed by atoms with E-state index in [1.165, 1.54) is 23.6 Å². The fourth-order valence-electron chi connectivity index (χ4n) is 3.93. The molecule has 7 heteroatoms. The van der Waals surface area contributed by atoms with Crippen molar-refractivity contribution in [2.24, 2.45) is 0 Å². The van der Waals surface area contributed by atoms with Gasteiger partial charge in [0.2, 0.25) is 10.0 Å². The molecular weight excluding hydrogens is 386 g/mol. The number of carbonyl (C=O) groups excluding carboxylic acids is 1. The van der Waals surface area contributed by atoms with Gasteiger partial charge in [-0.25, -0.2) is 13.2 Å². The van der Waals surface area contributed by atoms with Gasteiger partial charge in [-0.05, 0) is 37.8 Å². The number of benzene rings is 1. The van der Waals surface area contributed by atoms with Crippen molar-refractivity contribution in [1.29, 1.82) is 0 Å². The van der Waals surface area contributed by atoms with Gasteiger partial charge in [-0.15, -0.1) is 0 Å². The highest BCUT2D eigenvalue weighted by Gasteiger charge is 2.35. The monoisotopic (exact) mass is 420 g/mol. The lowest BCUT2D eigenvalue weighted by Crippen LogP contribution is -2.46. The van der Waals surface area contributed by atoms with E-state index >= 15 is 0 Å². The second kappa shape index (κ2) is 12.2. The first-order chi connectivity index (χ1) is 13.1. The number of nitrogens with zero attached hydrogens (tertiary/aromatic N) is 1. The summed E-state index contributed by atoms with van der Waals surface area (Å²) < 4.78 is 27.3. The average molecular weight is 421 g/mol. The lowest BCUT2D eigenvalue weighted by Gasteiger charge is -2.25. The number of sulfonamides is 1. The number of hydrogen-bond donors (Lipinski definition) is 2. The van der Waals surface area contributed by atoms with E-state index in [1.807, 2.05) is 0 Å². The molecule has 2 fully saturated rings. The van der Waals surface area contributed by atoms with Crippen LogP contribution in [0.2, 0.25) is 0 Å². The molecule has 1 unspecified atom stereocenters. The third-order valence-electron chi connectivity index (χ3n) is 5.42. The van der Waals surface area contributed by atoms with Gasteiger partial charge in [0.1, 0.15) is 0 Å². The zero-order valence-corrected chi connectivity index (χ0v) is 18.1. The molecule has 3 rings (SSSR count). The second-order valence-corrected chi connectivity index (χ2v) is 9.32. The van der Waals surface area contributed by atoms with Gasteiger partial charge in [-0.2, -0.15) is 4.31 Å². The van der Waals surface area contributed by atoms with Gasteiger partial charge in [0, 0.05) is 19.1 Å². The Bertz CT molecular complexity index is 701. The van der Waals surface area contributed by atoms with Crippen LogP contribution in [0, 0.1) is 20.9 Å². The molecule has 1 aliphatic heterocycles. The SMILES string of the molecule is O=C(NCC1CCCN1S(=O)(=O)c1ccccc1)N[C]1CCCCCCC1.[CH2].[CH2]. The molecule has 0 bridgehead atoms. The molecule has 1 saturated carbocycles. The van der Waals surface area contributed by atoms with Crippen LogP contribution in [-0.4, -0.2) is 37.9 Å². The van der Waals surface area contributed by atoms with Crippen molar-refractivity contribution in [2.75, 3.05) is 13.1 Å². The molecule has 29 heavy (non-hydrogen) atoms. The molecule has 0 aromatic heterocycles. The molecule has 1 aromatic carbocycles. The number of nitrogens with one attached hydrogen (secondary N) is 2. The molecule has 1 heterocycles. The van der Waals surface area contributed by atoms with Crippen molar-refractivity contribution >= 4 is 16.1 Å². The Morgan fingerprint density at radius 3 is 2.24 bits per heavy atom. The molecule has 6 nitrogen and oxygen atoms in total. The van der Waals surface area contributed by atoms with E-state index in [-0.39, 0.29) is 26.9 Å². The summed E-state index contributed by atoms with van der Waals surface area (Å²) in [4.78, 5) is 12.6. The molecule has 0 spiro atoms. The zero-order valence-electron chi connectivity index (χ0n) is 17.2. The molecule has 5 radical (unpaired) electrons. The number of urea groups is 1. The van der Waals surface area contributed by atoms with Crippen molar-refractivity contribution in [2.45, 2.75) is 68.7 Å². The van der Waals surface area contributed by atoms with E-state index in [2.05, 4.69) is 10.6 Å². The van der Waals surface area contributed by atoms with E-state index in [4.69, 9.17) is 0 Å². The first-order valence-electron chi connectivity index (χ1n) is 10.0. The smallest absolute Gasteiger partial charge is 0.315 e. The second-order valence-electron chi connectivity index (χ2n) is 7.43. The standard InChI is InChI=1S/C20H30N3O3S.2CH2/c24-20(22-17-10-5-2-1-3-6-11-17)21-16-18-12-9-15-23(18)27(25,26)19-13-7-4-8-14-19;;/h4,7-8,13-14,18H,1-3,5-6,9-12,15-16H2,(H2,21,22,24);2*1H2. The molecule has 1 aromatic rings. The summed E-state index contributed by atoms with van der Waals surface area (Å²) in [5, 5.41) is 5.88. The minimum atomic E-state index is -3.52. The number of rotatable bonds is 5. The van der Waals surface area contributed by atoms with Gasteiger partial charge in [-0.1, -0.05) is 65.2 Å². The Hall–Kier alpha value is -1.60. The maximum absolute atomic E-state index is 12.9. The van der Waals surface area contributed by atoms with Gasteiger partial charge in [0.05, 0.1) is 10.9 Å². The van der Waals surface area contributed by atoms with Crippen LogP contribution in [0.5, 0.6) is 0 Å². The van der Waals surface area contributed by atoms with E-state index < -0.39 is 10.0 Å². The van der Waals surface area contributed by atoms with Crippen molar-refractivity contribution in [3.05, 3.63) is 51.2 Å². The predicted molar refractivity (Wildman–Crippen MR) is 116 cm³/mol. The minimum absolute atomic E-state index is 0. The van der Waals surface area contributed by atoms with E-state index in [9.17, 15) is 13.2 Å². The third kappa shape index (κ3) is 7.00. The van der Waals surface area contributed by atoms with E-state index in [1.54, 1.807) is 30.3 Å². The minimum Gasteiger partial charge on any atom is -0.337 e. The first-order valence-corrected chi connectivity index (χ1v) is 11.5.